The molecule has 1 aromatic carbocycles. The van der Waals surface area contributed by atoms with E-state index < -0.39 is 28.6 Å². The highest BCUT2D eigenvalue weighted by Gasteiger charge is 2.42. The highest BCUT2D eigenvalue weighted by Crippen LogP contribution is 2.43. The summed E-state index contributed by atoms with van der Waals surface area (Å²) in [5.74, 6) is 0.434. The molecule has 0 bridgehead atoms. The Balaban J connectivity index is 3.37. The number of carboxylic acid groups (broad SMARTS) is 1. The van der Waals surface area contributed by atoms with Gasteiger partial charge >= 0.3 is 5.97 Å². The van der Waals surface area contributed by atoms with E-state index in [-0.39, 0.29) is 16.5 Å². The minimum Gasteiger partial charge on any atom is -0.541 e. The van der Waals surface area contributed by atoms with Crippen molar-refractivity contribution in [2.45, 2.75) is 90.3 Å². The smallest absolute Gasteiger partial charge is 0.320 e. The summed E-state index contributed by atoms with van der Waals surface area (Å²) in [4.78, 5) is 11.1. The predicted molar refractivity (Wildman–Crippen MR) is 121 cm³/mol. The molecular formula is C21H39NO4Si2. The Kier molecular flexibility index (Phi) is 7.24. The molecule has 0 unspecified atom stereocenters. The number of rotatable bonds is 7. The van der Waals surface area contributed by atoms with Crippen molar-refractivity contribution in [3.8, 4) is 11.5 Å². The summed E-state index contributed by atoms with van der Waals surface area (Å²) >= 11 is 0. The third kappa shape index (κ3) is 6.09. The molecular weight excluding hydrogens is 386 g/mol. The second-order valence-corrected chi connectivity index (χ2v) is 20.1. The highest BCUT2D eigenvalue weighted by molar-refractivity contribution is 6.75. The Hall–Kier alpha value is -1.32. The van der Waals surface area contributed by atoms with E-state index in [2.05, 4.69) is 67.7 Å². The van der Waals surface area contributed by atoms with E-state index in [1.165, 1.54) is 0 Å². The molecule has 0 aliphatic rings. The highest BCUT2D eigenvalue weighted by atomic mass is 28.4. The van der Waals surface area contributed by atoms with Crippen LogP contribution in [-0.2, 0) is 11.2 Å². The number of nitrogens with two attached hydrogens (primary N) is 1. The van der Waals surface area contributed by atoms with E-state index in [4.69, 9.17) is 19.7 Å². The van der Waals surface area contributed by atoms with Crippen molar-refractivity contribution in [1.82, 2.24) is 0 Å². The monoisotopic (exact) mass is 425 g/mol. The summed E-state index contributed by atoms with van der Waals surface area (Å²) in [6, 6.07) is 4.77. The molecule has 0 fully saturated rings. The molecule has 1 aromatic rings. The van der Waals surface area contributed by atoms with Gasteiger partial charge in [0.15, 0.2) is 0 Å². The summed E-state index contributed by atoms with van der Waals surface area (Å²) in [5.41, 5.74) is 6.57. The van der Waals surface area contributed by atoms with Crippen LogP contribution in [0.25, 0.3) is 0 Å². The van der Waals surface area contributed by atoms with Crippen LogP contribution in [-0.4, -0.2) is 33.8 Å². The van der Waals surface area contributed by atoms with Crippen molar-refractivity contribution in [2.75, 3.05) is 0 Å². The molecule has 1 rings (SSSR count). The van der Waals surface area contributed by atoms with Gasteiger partial charge in [0.25, 0.3) is 16.6 Å². The average molecular weight is 426 g/mol. The molecule has 3 N–H and O–H groups in total. The summed E-state index contributed by atoms with van der Waals surface area (Å²) in [6.45, 7) is 22.0. The Morgan fingerprint density at radius 1 is 0.964 bits per heavy atom. The standard InChI is InChI=1S/C21H39NO4Si2/c1-20(2,3)27(7,8)25-17-12-11-15(13-16(22)19(23)24)14-18(17)26-28(9,10)21(4,5)6/h11-12,14,16H,13,22H2,1-10H3,(H,23,24)/t16-/m0/s1. The third-order valence-corrected chi connectivity index (χ3v) is 14.8. The molecule has 0 aliphatic heterocycles. The van der Waals surface area contributed by atoms with Crippen molar-refractivity contribution < 1.29 is 18.8 Å². The molecule has 0 saturated heterocycles. The van der Waals surface area contributed by atoms with Crippen LogP contribution in [0.1, 0.15) is 47.1 Å². The minimum atomic E-state index is -2.10. The predicted octanol–water partition coefficient (Wildman–Crippen LogP) is 5.41. The number of hydrogen-bond donors (Lipinski definition) is 2. The van der Waals surface area contributed by atoms with Crippen molar-refractivity contribution in [2.24, 2.45) is 5.73 Å². The first-order valence-electron chi connectivity index (χ1n) is 9.87. The molecule has 0 aromatic heterocycles. The normalized spacial score (nSPS) is 14.5. The molecule has 28 heavy (non-hydrogen) atoms. The number of aliphatic carboxylic acids is 1. The van der Waals surface area contributed by atoms with Gasteiger partial charge in [-0.1, -0.05) is 47.6 Å². The van der Waals surface area contributed by atoms with Crippen LogP contribution >= 0.6 is 0 Å². The first kappa shape index (κ1) is 24.7. The molecule has 0 spiro atoms. The summed E-state index contributed by atoms with van der Waals surface area (Å²) in [5, 5.41) is 9.23. The lowest BCUT2D eigenvalue weighted by molar-refractivity contribution is -0.138. The first-order valence-corrected chi connectivity index (χ1v) is 15.7. The Morgan fingerprint density at radius 3 is 1.79 bits per heavy atom. The minimum absolute atomic E-state index is 0.0364. The van der Waals surface area contributed by atoms with E-state index >= 15 is 0 Å². The lowest BCUT2D eigenvalue weighted by atomic mass is 10.1. The second-order valence-electron chi connectivity index (χ2n) is 10.7. The molecule has 0 saturated carbocycles. The van der Waals surface area contributed by atoms with Gasteiger partial charge in [0.1, 0.15) is 17.5 Å². The van der Waals surface area contributed by atoms with E-state index in [0.717, 1.165) is 11.3 Å². The van der Waals surface area contributed by atoms with Crippen LogP contribution in [0.3, 0.4) is 0 Å². The van der Waals surface area contributed by atoms with E-state index in [1.807, 2.05) is 18.2 Å². The lowest BCUT2D eigenvalue weighted by Gasteiger charge is -2.39. The fourth-order valence-electron chi connectivity index (χ4n) is 2.04. The van der Waals surface area contributed by atoms with E-state index in [9.17, 15) is 4.79 Å². The molecule has 160 valence electrons. The zero-order valence-electron chi connectivity index (χ0n) is 19.3. The van der Waals surface area contributed by atoms with Gasteiger partial charge in [-0.2, -0.15) is 0 Å². The van der Waals surface area contributed by atoms with Gasteiger partial charge in [0.05, 0.1) is 0 Å². The van der Waals surface area contributed by atoms with E-state index in [1.54, 1.807) is 0 Å². The fourth-order valence-corrected chi connectivity index (χ4v) is 4.08. The molecule has 0 radical (unpaired) electrons. The van der Waals surface area contributed by atoms with Gasteiger partial charge in [0, 0.05) is 0 Å². The fraction of sp³-hybridized carbons (Fsp3) is 0.667. The molecule has 5 nitrogen and oxygen atoms in total. The van der Waals surface area contributed by atoms with Crippen LogP contribution in [0.4, 0.5) is 0 Å². The zero-order valence-corrected chi connectivity index (χ0v) is 21.3. The van der Waals surface area contributed by atoms with Crippen LogP contribution in [0.15, 0.2) is 18.2 Å². The number of benzene rings is 1. The number of hydrogen-bond acceptors (Lipinski definition) is 4. The second kappa shape index (κ2) is 8.20. The van der Waals surface area contributed by atoms with Crippen molar-refractivity contribution >= 4 is 22.6 Å². The lowest BCUT2D eigenvalue weighted by Crippen LogP contribution is -2.45. The van der Waals surface area contributed by atoms with Gasteiger partial charge in [-0.3, -0.25) is 4.79 Å². The quantitative estimate of drug-likeness (QED) is 0.571. The maximum atomic E-state index is 11.1. The molecule has 0 amide bonds. The van der Waals surface area contributed by atoms with Gasteiger partial charge in [0.2, 0.25) is 0 Å². The Bertz CT molecular complexity index is 703. The van der Waals surface area contributed by atoms with E-state index in [0.29, 0.717) is 5.75 Å². The van der Waals surface area contributed by atoms with Crippen LogP contribution in [0.2, 0.25) is 36.3 Å². The van der Waals surface area contributed by atoms with Crippen molar-refractivity contribution in [3.05, 3.63) is 23.8 Å². The van der Waals surface area contributed by atoms with Gasteiger partial charge < -0.3 is 19.7 Å². The molecule has 1 atom stereocenters. The zero-order chi connectivity index (χ0) is 22.1. The Labute approximate surface area is 172 Å². The molecule has 0 heterocycles. The largest absolute Gasteiger partial charge is 0.541 e. The van der Waals surface area contributed by atoms with Crippen LogP contribution < -0.4 is 14.6 Å². The van der Waals surface area contributed by atoms with Crippen LogP contribution in [0, 0.1) is 0 Å². The number of carboxylic acids is 1. The first-order chi connectivity index (χ1) is 12.4. The van der Waals surface area contributed by atoms with Gasteiger partial charge in [-0.05, 0) is 60.4 Å². The Morgan fingerprint density at radius 2 is 1.39 bits per heavy atom. The summed E-state index contributed by atoms with van der Waals surface area (Å²) < 4.78 is 13.1. The topological polar surface area (TPSA) is 81.8 Å². The maximum absolute atomic E-state index is 11.1. The van der Waals surface area contributed by atoms with Gasteiger partial charge in [-0.25, -0.2) is 0 Å². The van der Waals surface area contributed by atoms with Crippen molar-refractivity contribution in [1.29, 1.82) is 0 Å². The summed E-state index contributed by atoms with van der Waals surface area (Å²) in [6.07, 6.45) is 0.254. The SMILES string of the molecule is CC(C)(C)[Si](C)(C)Oc1ccc(C[C@H](N)C(=O)O)cc1O[Si](C)(C)C(C)(C)C. The number of carbonyl (C=O) groups is 1. The average Bonchev–Trinajstić information content (AvgIpc) is 2.46. The summed E-state index contributed by atoms with van der Waals surface area (Å²) in [7, 11) is -4.14. The maximum Gasteiger partial charge on any atom is 0.320 e. The van der Waals surface area contributed by atoms with Crippen LogP contribution in [0.5, 0.6) is 11.5 Å². The van der Waals surface area contributed by atoms with Crippen molar-refractivity contribution in [3.63, 3.8) is 0 Å². The molecule has 7 heteroatoms. The third-order valence-electron chi connectivity index (χ3n) is 6.12. The van der Waals surface area contributed by atoms with Gasteiger partial charge in [-0.15, -0.1) is 0 Å². The molecule has 0 aliphatic carbocycles.